The lowest BCUT2D eigenvalue weighted by atomic mass is 10.1. The van der Waals surface area contributed by atoms with Gasteiger partial charge in [-0.05, 0) is 73.7 Å². The van der Waals surface area contributed by atoms with Crippen molar-refractivity contribution in [1.82, 2.24) is 9.78 Å². The minimum atomic E-state index is -4.58. The number of anilines is 3. The van der Waals surface area contributed by atoms with Gasteiger partial charge < -0.3 is 15.0 Å². The number of benzene rings is 3. The monoisotopic (exact) mass is 689 g/mol. The molecule has 1 saturated heterocycles. The van der Waals surface area contributed by atoms with Crippen molar-refractivity contribution in [2.75, 3.05) is 34.6 Å². The van der Waals surface area contributed by atoms with E-state index in [1.54, 1.807) is 12.1 Å². The molecule has 0 bridgehead atoms. The van der Waals surface area contributed by atoms with Crippen LogP contribution in [0.3, 0.4) is 0 Å². The first kappa shape index (κ1) is 34.7. The normalized spacial score (nSPS) is 13.8. The van der Waals surface area contributed by atoms with Crippen LogP contribution in [0.15, 0.2) is 65.6 Å². The summed E-state index contributed by atoms with van der Waals surface area (Å²) in [5.74, 6) is -2.14. The van der Waals surface area contributed by atoms with E-state index in [0.29, 0.717) is 29.9 Å². The molecule has 1 amide bonds. The predicted octanol–water partition coefficient (Wildman–Crippen LogP) is 6.67. The molecule has 5 rings (SSSR count). The van der Waals surface area contributed by atoms with Gasteiger partial charge in [-0.2, -0.15) is 18.3 Å². The van der Waals surface area contributed by atoms with E-state index >= 15 is 0 Å². The van der Waals surface area contributed by atoms with E-state index in [0.717, 1.165) is 37.8 Å². The van der Waals surface area contributed by atoms with Gasteiger partial charge in [-0.3, -0.25) is 19.0 Å². The van der Waals surface area contributed by atoms with Crippen LogP contribution >= 0.6 is 0 Å². The average molecular weight is 690 g/mol. The Labute approximate surface area is 275 Å². The molecule has 10 nitrogen and oxygen atoms in total. The first-order valence-electron chi connectivity index (χ1n) is 15.5. The Hall–Kier alpha value is -4.66. The molecule has 0 radical (unpaired) electrons. The Balaban J connectivity index is 1.47. The molecule has 0 unspecified atom stereocenters. The Morgan fingerprint density at radius 1 is 0.979 bits per heavy atom. The summed E-state index contributed by atoms with van der Waals surface area (Å²) in [5.41, 5.74) is 0.529. The first-order valence-corrected chi connectivity index (χ1v) is 17.0. The van der Waals surface area contributed by atoms with E-state index in [-0.39, 0.29) is 51.5 Å². The van der Waals surface area contributed by atoms with Crippen molar-refractivity contribution in [2.45, 2.75) is 63.1 Å². The summed E-state index contributed by atoms with van der Waals surface area (Å²) in [6.07, 6.45) is -0.765. The van der Waals surface area contributed by atoms with E-state index < -0.39 is 40.4 Å². The number of hydrogen-bond acceptors (Lipinski definition) is 7. The number of unbranched alkanes of at least 4 members (excludes halogenated alkanes) is 1. The smallest absolute Gasteiger partial charge is 0.408 e. The van der Waals surface area contributed by atoms with Crippen LogP contribution in [0.4, 0.5) is 34.6 Å². The highest BCUT2D eigenvalue weighted by Gasteiger charge is 2.31. The number of carbonyl (C=O) groups is 2. The molecule has 1 aromatic heterocycles. The van der Waals surface area contributed by atoms with Crippen LogP contribution in [0.2, 0.25) is 0 Å². The van der Waals surface area contributed by atoms with Crippen LogP contribution < -0.4 is 14.9 Å². The van der Waals surface area contributed by atoms with Crippen molar-refractivity contribution in [2.24, 2.45) is 0 Å². The number of ether oxygens (including phenoxy) is 1. The van der Waals surface area contributed by atoms with Crippen LogP contribution in [0.5, 0.6) is 0 Å². The summed E-state index contributed by atoms with van der Waals surface area (Å²) < 4.78 is 89.7. The van der Waals surface area contributed by atoms with Gasteiger partial charge in [-0.25, -0.2) is 12.8 Å². The van der Waals surface area contributed by atoms with E-state index in [2.05, 4.69) is 15.1 Å². The zero-order valence-corrected chi connectivity index (χ0v) is 27.0. The van der Waals surface area contributed by atoms with Gasteiger partial charge in [0.2, 0.25) is 0 Å². The number of carbonyl (C=O) groups excluding carboxylic acids is 2. The number of para-hydroxylation sites is 1. The Bertz CT molecular complexity index is 1910. The summed E-state index contributed by atoms with van der Waals surface area (Å²) >= 11 is 0. The largest absolute Gasteiger partial charge is 0.465 e. The molecule has 4 aromatic rings. The van der Waals surface area contributed by atoms with Crippen LogP contribution in [-0.2, 0) is 32.5 Å². The number of halogens is 4. The van der Waals surface area contributed by atoms with Gasteiger partial charge in [-0.1, -0.05) is 31.5 Å². The standard InChI is InChI=1S/C33H35F4N5O5S/c1-2-3-17-47-30(43)19-22-18-23(34)11-13-26(22)40-48(45,46)24-12-14-29(41-15-7-4-8-16-41)27(20-24)38-32(44)31-25-9-5-6-10-28(25)42(39-31)21-33(35,36)37/h5-6,9-14,18,20,40H,2-4,7-8,15-17,19,21H2,1H3,(H,38,44). The third-order valence-corrected chi connectivity index (χ3v) is 9.20. The topological polar surface area (TPSA) is 123 Å². The molecule has 48 heavy (non-hydrogen) atoms. The van der Waals surface area contributed by atoms with Gasteiger partial charge in [0.05, 0.1) is 40.5 Å². The maximum Gasteiger partial charge on any atom is 0.408 e. The molecule has 15 heteroatoms. The molecular weight excluding hydrogens is 654 g/mol. The minimum Gasteiger partial charge on any atom is -0.465 e. The maximum atomic E-state index is 14.1. The quantitative estimate of drug-likeness (QED) is 0.0969. The van der Waals surface area contributed by atoms with E-state index in [1.165, 1.54) is 36.4 Å². The lowest BCUT2D eigenvalue weighted by Crippen LogP contribution is -2.30. The van der Waals surface area contributed by atoms with Crippen molar-refractivity contribution >= 4 is 49.9 Å². The molecule has 0 saturated carbocycles. The molecule has 3 aromatic carbocycles. The van der Waals surface area contributed by atoms with Crippen LogP contribution in [0.25, 0.3) is 10.9 Å². The number of fused-ring (bicyclic) bond motifs is 1. The number of hydrogen-bond donors (Lipinski definition) is 2. The highest BCUT2D eigenvalue weighted by atomic mass is 32.2. The Kier molecular flexibility index (Phi) is 10.6. The summed E-state index contributed by atoms with van der Waals surface area (Å²) in [7, 11) is -4.37. The number of amides is 1. The molecule has 0 aliphatic carbocycles. The number of alkyl halides is 3. The number of nitrogens with zero attached hydrogens (tertiary/aromatic N) is 3. The second kappa shape index (κ2) is 14.6. The SMILES string of the molecule is CCCCOC(=O)Cc1cc(F)ccc1NS(=O)(=O)c1ccc(N2CCCCC2)c(NC(=O)c2nn(CC(F)(F)F)c3ccccc23)c1. The highest BCUT2D eigenvalue weighted by Crippen LogP contribution is 2.33. The van der Waals surface area contributed by atoms with Crippen molar-refractivity contribution in [3.63, 3.8) is 0 Å². The first-order chi connectivity index (χ1) is 22.8. The molecule has 1 fully saturated rings. The zero-order chi connectivity index (χ0) is 34.5. The van der Waals surface area contributed by atoms with Crippen LogP contribution in [-0.4, -0.2) is 55.9 Å². The molecule has 2 N–H and O–H groups in total. The third-order valence-electron chi connectivity index (χ3n) is 7.83. The molecular formula is C33H35F4N5O5S. The molecule has 0 atom stereocenters. The van der Waals surface area contributed by atoms with E-state index in [9.17, 15) is 35.6 Å². The fraction of sp³-hybridized carbons (Fsp3) is 0.364. The van der Waals surface area contributed by atoms with Gasteiger partial charge in [-0.15, -0.1) is 0 Å². The Morgan fingerprint density at radius 2 is 1.73 bits per heavy atom. The second-order valence-electron chi connectivity index (χ2n) is 11.5. The zero-order valence-electron chi connectivity index (χ0n) is 26.1. The number of nitrogens with one attached hydrogen (secondary N) is 2. The molecule has 256 valence electrons. The van der Waals surface area contributed by atoms with Gasteiger partial charge in [0, 0.05) is 18.5 Å². The fourth-order valence-corrected chi connectivity index (χ4v) is 6.64. The third kappa shape index (κ3) is 8.43. The van der Waals surface area contributed by atoms with Crippen molar-refractivity contribution < 1.29 is 40.3 Å². The lowest BCUT2D eigenvalue weighted by Gasteiger charge is -2.30. The van der Waals surface area contributed by atoms with Gasteiger partial charge in [0.15, 0.2) is 5.69 Å². The summed E-state index contributed by atoms with van der Waals surface area (Å²) in [4.78, 5) is 27.7. The highest BCUT2D eigenvalue weighted by molar-refractivity contribution is 7.92. The predicted molar refractivity (Wildman–Crippen MR) is 173 cm³/mol. The minimum absolute atomic E-state index is 0.0313. The fourth-order valence-electron chi connectivity index (χ4n) is 5.51. The van der Waals surface area contributed by atoms with Gasteiger partial charge in [0.1, 0.15) is 12.4 Å². The second-order valence-corrected chi connectivity index (χ2v) is 13.2. The van der Waals surface area contributed by atoms with E-state index in [4.69, 9.17) is 4.74 Å². The van der Waals surface area contributed by atoms with Crippen molar-refractivity contribution in [3.05, 3.63) is 77.7 Å². The number of rotatable bonds is 12. The summed E-state index contributed by atoms with van der Waals surface area (Å²) in [6.45, 7) is 1.99. The van der Waals surface area contributed by atoms with Crippen LogP contribution in [0, 0.1) is 5.82 Å². The van der Waals surface area contributed by atoms with Crippen LogP contribution in [0.1, 0.15) is 55.1 Å². The molecule has 1 aliphatic rings. The lowest BCUT2D eigenvalue weighted by molar-refractivity contribution is -0.143. The number of piperidine rings is 1. The van der Waals surface area contributed by atoms with Gasteiger partial charge in [0.25, 0.3) is 15.9 Å². The number of sulfonamides is 1. The van der Waals surface area contributed by atoms with Crippen molar-refractivity contribution in [3.8, 4) is 0 Å². The molecule has 1 aliphatic heterocycles. The molecule has 2 heterocycles. The molecule has 0 spiro atoms. The average Bonchev–Trinajstić information content (AvgIpc) is 3.40. The summed E-state index contributed by atoms with van der Waals surface area (Å²) in [5, 5.41) is 6.87. The summed E-state index contributed by atoms with van der Waals surface area (Å²) in [6, 6.07) is 13.5. The number of esters is 1. The van der Waals surface area contributed by atoms with Gasteiger partial charge >= 0.3 is 12.1 Å². The van der Waals surface area contributed by atoms with E-state index in [1.807, 2.05) is 11.8 Å². The maximum absolute atomic E-state index is 14.1. The van der Waals surface area contributed by atoms with Crippen molar-refractivity contribution in [1.29, 1.82) is 0 Å². The number of aromatic nitrogens is 2. The Morgan fingerprint density at radius 3 is 2.46 bits per heavy atom.